The van der Waals surface area contributed by atoms with Gasteiger partial charge in [0.15, 0.2) is 11.2 Å². The van der Waals surface area contributed by atoms with Crippen LogP contribution in [0.3, 0.4) is 0 Å². The number of halogens is 3. The normalized spacial score (nSPS) is 18.8. The van der Waals surface area contributed by atoms with Gasteiger partial charge in [-0.3, -0.25) is 14.5 Å². The van der Waals surface area contributed by atoms with Crippen LogP contribution in [0.5, 0.6) is 0 Å². The molecule has 1 fully saturated rings. The van der Waals surface area contributed by atoms with E-state index in [9.17, 15) is 4.79 Å². The summed E-state index contributed by atoms with van der Waals surface area (Å²) in [6, 6.07) is 5.37. The number of nitrogens with one attached hydrogen (secondary N) is 1. The molecule has 6 rings (SSSR count). The van der Waals surface area contributed by atoms with Gasteiger partial charge in [0.25, 0.3) is 0 Å². The first-order valence-electron chi connectivity index (χ1n) is 13.6. The molecule has 0 spiro atoms. The fourth-order valence-corrected chi connectivity index (χ4v) is 5.96. The third-order valence-electron chi connectivity index (χ3n) is 8.08. The smallest absolute Gasteiger partial charge is 0.366 e. The number of benzene rings is 1. The van der Waals surface area contributed by atoms with E-state index in [1.54, 1.807) is 19.2 Å². The van der Waals surface area contributed by atoms with Crippen LogP contribution in [0.1, 0.15) is 50.9 Å². The Morgan fingerprint density at radius 1 is 1.14 bits per heavy atom. The van der Waals surface area contributed by atoms with Crippen LogP contribution >= 0.6 is 11.6 Å². The minimum Gasteiger partial charge on any atom is -0.366 e. The van der Waals surface area contributed by atoms with Crippen LogP contribution in [0.15, 0.2) is 46.0 Å². The van der Waals surface area contributed by atoms with Gasteiger partial charge in [-0.2, -0.15) is 0 Å². The van der Waals surface area contributed by atoms with Crippen molar-refractivity contribution < 1.29 is 18.0 Å². The highest BCUT2D eigenvalue weighted by Crippen LogP contribution is 2.41. The van der Waals surface area contributed by atoms with Crippen LogP contribution in [-0.4, -0.2) is 41.8 Å². The Labute approximate surface area is 244 Å². The molecule has 1 N–H and O–H groups in total. The molecular weight excluding hydrogens is 568 g/mol. The maximum absolute atomic E-state index is 15.3. The molecule has 0 saturated heterocycles. The van der Waals surface area contributed by atoms with Crippen molar-refractivity contribution in [3.05, 3.63) is 75.3 Å². The number of methoxy groups -OCH3 is 1. The molecule has 1 unspecified atom stereocenters. The number of aromatic amines is 1. The molecule has 4 heterocycles. The number of hydrogen-bond donors (Lipinski definition) is 1. The molecule has 13 heteroatoms. The number of rotatable bonds is 7. The highest BCUT2D eigenvalue weighted by molar-refractivity contribution is 6.30. The zero-order chi connectivity index (χ0) is 29.6. The van der Waals surface area contributed by atoms with Crippen LogP contribution in [0.4, 0.5) is 8.78 Å². The van der Waals surface area contributed by atoms with Gasteiger partial charge in [-0.1, -0.05) is 42.6 Å². The molecule has 10 nitrogen and oxygen atoms in total. The van der Waals surface area contributed by atoms with Crippen molar-refractivity contribution >= 4 is 22.8 Å². The number of fused-ring (bicyclic) bond motifs is 1. The van der Waals surface area contributed by atoms with E-state index < -0.39 is 23.0 Å². The van der Waals surface area contributed by atoms with E-state index in [0.29, 0.717) is 34.3 Å². The van der Waals surface area contributed by atoms with Gasteiger partial charge in [0, 0.05) is 31.6 Å². The Kier molecular flexibility index (Phi) is 7.36. The van der Waals surface area contributed by atoms with E-state index in [0.717, 1.165) is 25.7 Å². The van der Waals surface area contributed by atoms with Crippen molar-refractivity contribution in [2.24, 2.45) is 11.8 Å². The average Bonchev–Trinajstić information content (AvgIpc) is 3.57. The number of H-pyrrole nitrogens is 1. The lowest BCUT2D eigenvalue weighted by Gasteiger charge is -2.32. The van der Waals surface area contributed by atoms with Crippen molar-refractivity contribution in [2.45, 2.75) is 51.7 Å². The third-order valence-corrected chi connectivity index (χ3v) is 8.29. The highest BCUT2D eigenvalue weighted by Gasteiger charge is 2.41. The van der Waals surface area contributed by atoms with Gasteiger partial charge in [0.2, 0.25) is 11.6 Å². The standard InChI is InChI=1S/C29H28ClF2N7O3/c1-15-7-9-16(10-8-15)14-39-23-22(17-11-18(30)13-33-12-17)34-25(26-37-28(40)42-38-26)35-24(23)36-27(39)29(2,41-3)21-19(31)5-4-6-20(21)32/h4-6,11-13,15-16H,7-10,14H2,1-3H3,(H,37,38,40). The topological polar surface area (TPSA) is 125 Å². The predicted molar refractivity (Wildman–Crippen MR) is 151 cm³/mol. The number of pyridine rings is 1. The van der Waals surface area contributed by atoms with Crippen molar-refractivity contribution in [2.75, 3.05) is 7.11 Å². The Morgan fingerprint density at radius 2 is 1.88 bits per heavy atom. The van der Waals surface area contributed by atoms with Crippen LogP contribution in [-0.2, 0) is 16.9 Å². The molecule has 5 aromatic rings. The molecule has 218 valence electrons. The van der Waals surface area contributed by atoms with Crippen molar-refractivity contribution in [1.29, 1.82) is 0 Å². The molecule has 0 aliphatic heterocycles. The molecule has 42 heavy (non-hydrogen) atoms. The molecule has 0 bridgehead atoms. The van der Waals surface area contributed by atoms with Crippen molar-refractivity contribution in [3.63, 3.8) is 0 Å². The van der Waals surface area contributed by atoms with Crippen LogP contribution in [0.25, 0.3) is 34.1 Å². The SMILES string of the molecule is COC(C)(c1c(F)cccc1F)c1nc2nc(-c3noc(=O)[nH]3)nc(-c3cncc(Cl)c3)c2n1CC1CCC(C)CC1. The summed E-state index contributed by atoms with van der Waals surface area (Å²) in [7, 11) is 1.39. The van der Waals surface area contributed by atoms with Gasteiger partial charge in [0.1, 0.15) is 28.7 Å². The molecule has 1 aliphatic carbocycles. The predicted octanol–water partition coefficient (Wildman–Crippen LogP) is 5.90. The highest BCUT2D eigenvalue weighted by atomic mass is 35.5. The molecule has 1 aromatic carbocycles. The Hall–Kier alpha value is -4.03. The maximum Gasteiger partial charge on any atom is 0.439 e. The number of aromatic nitrogens is 7. The lowest BCUT2D eigenvalue weighted by atomic mass is 9.83. The van der Waals surface area contributed by atoms with E-state index >= 15 is 8.78 Å². The first kappa shape index (κ1) is 28.1. The fourth-order valence-electron chi connectivity index (χ4n) is 5.78. The minimum atomic E-state index is -1.65. The summed E-state index contributed by atoms with van der Waals surface area (Å²) in [6.07, 6.45) is 7.18. The molecule has 1 saturated carbocycles. The second kappa shape index (κ2) is 11.0. The number of hydrogen-bond acceptors (Lipinski definition) is 8. The summed E-state index contributed by atoms with van der Waals surface area (Å²) in [5.41, 5.74) is -0.279. The van der Waals surface area contributed by atoms with Gasteiger partial charge in [-0.05, 0) is 49.8 Å². The Balaban J connectivity index is 1.67. The summed E-state index contributed by atoms with van der Waals surface area (Å²) < 4.78 is 43.1. The average molecular weight is 596 g/mol. The quantitative estimate of drug-likeness (QED) is 0.247. The van der Waals surface area contributed by atoms with E-state index in [1.165, 1.54) is 31.5 Å². The summed E-state index contributed by atoms with van der Waals surface area (Å²) in [5, 5.41) is 4.12. The van der Waals surface area contributed by atoms with Gasteiger partial charge in [0.05, 0.1) is 10.6 Å². The van der Waals surface area contributed by atoms with Crippen LogP contribution in [0.2, 0.25) is 5.02 Å². The molecule has 4 aromatic heterocycles. The minimum absolute atomic E-state index is 0.00911. The van der Waals surface area contributed by atoms with Gasteiger partial charge in [-0.25, -0.2) is 28.5 Å². The summed E-state index contributed by atoms with van der Waals surface area (Å²) in [4.78, 5) is 32.6. The lowest BCUT2D eigenvalue weighted by molar-refractivity contribution is 0.0217. The second-order valence-electron chi connectivity index (χ2n) is 10.9. The number of imidazole rings is 1. The number of ether oxygens (including phenoxy) is 1. The molecular formula is C29H28ClF2N7O3. The van der Waals surface area contributed by atoms with Crippen LogP contribution < -0.4 is 5.76 Å². The molecule has 0 radical (unpaired) electrons. The monoisotopic (exact) mass is 595 g/mol. The first-order valence-corrected chi connectivity index (χ1v) is 14.0. The van der Waals surface area contributed by atoms with Crippen molar-refractivity contribution in [1.82, 2.24) is 34.6 Å². The zero-order valence-corrected chi connectivity index (χ0v) is 24.0. The molecule has 0 amide bonds. The van der Waals surface area contributed by atoms with Gasteiger partial charge >= 0.3 is 5.76 Å². The molecule has 1 aliphatic rings. The number of nitrogens with zero attached hydrogens (tertiary/aromatic N) is 6. The van der Waals surface area contributed by atoms with Crippen LogP contribution in [0, 0.1) is 23.5 Å². The largest absolute Gasteiger partial charge is 0.439 e. The summed E-state index contributed by atoms with van der Waals surface area (Å²) >= 11 is 6.32. The lowest BCUT2D eigenvalue weighted by Crippen LogP contribution is -2.33. The van der Waals surface area contributed by atoms with Gasteiger partial charge in [-0.15, -0.1) is 0 Å². The Morgan fingerprint density at radius 3 is 2.52 bits per heavy atom. The van der Waals surface area contributed by atoms with Crippen molar-refractivity contribution in [3.8, 4) is 22.9 Å². The Bertz CT molecular complexity index is 1810. The molecule has 1 atom stereocenters. The zero-order valence-electron chi connectivity index (χ0n) is 23.2. The summed E-state index contributed by atoms with van der Waals surface area (Å²) in [5.74, 6) is -1.15. The maximum atomic E-state index is 15.3. The fraction of sp³-hybridized carbons (Fsp3) is 0.379. The van der Waals surface area contributed by atoms with E-state index in [1.807, 2.05) is 4.57 Å². The first-order chi connectivity index (χ1) is 20.2. The van der Waals surface area contributed by atoms with Gasteiger partial charge < -0.3 is 9.30 Å². The van der Waals surface area contributed by atoms with E-state index in [-0.39, 0.29) is 34.6 Å². The van der Waals surface area contributed by atoms with E-state index in [2.05, 4.69) is 31.6 Å². The second-order valence-corrected chi connectivity index (χ2v) is 11.3. The summed E-state index contributed by atoms with van der Waals surface area (Å²) in [6.45, 7) is 4.31. The van der Waals surface area contributed by atoms with E-state index in [4.69, 9.17) is 26.3 Å². The third kappa shape index (κ3) is 4.98.